The van der Waals surface area contributed by atoms with Gasteiger partial charge in [-0.05, 0) is 24.3 Å². The van der Waals surface area contributed by atoms with Gasteiger partial charge in [0.1, 0.15) is 13.1 Å². The third-order valence-electron chi connectivity index (χ3n) is 3.72. The summed E-state index contributed by atoms with van der Waals surface area (Å²) in [4.78, 5) is 51.0. The summed E-state index contributed by atoms with van der Waals surface area (Å²) >= 11 is 0. The summed E-state index contributed by atoms with van der Waals surface area (Å²) in [5.41, 5.74) is 0.642. The van der Waals surface area contributed by atoms with Gasteiger partial charge in [0.05, 0.1) is 0 Å². The van der Waals surface area contributed by atoms with Crippen molar-refractivity contribution in [2.45, 2.75) is 0 Å². The first-order chi connectivity index (χ1) is 11.6. The summed E-state index contributed by atoms with van der Waals surface area (Å²) in [6, 6.07) is 16.5. The monoisotopic (exact) mass is 322 g/mol. The Morgan fingerprint density at radius 1 is 0.625 bits per heavy atom. The van der Waals surface area contributed by atoms with E-state index in [0.29, 0.717) is 11.1 Å². The summed E-state index contributed by atoms with van der Waals surface area (Å²) in [6.07, 6.45) is 0. The van der Waals surface area contributed by atoms with Gasteiger partial charge in [-0.15, -0.1) is 0 Å². The van der Waals surface area contributed by atoms with Crippen LogP contribution in [0.4, 0.5) is 0 Å². The number of benzene rings is 2. The van der Waals surface area contributed by atoms with Crippen LogP contribution >= 0.6 is 0 Å². The number of nitrogens with zero attached hydrogens (tertiary/aromatic N) is 2. The summed E-state index contributed by atoms with van der Waals surface area (Å²) in [6.45, 7) is -0.879. The van der Waals surface area contributed by atoms with Crippen molar-refractivity contribution in [3.63, 3.8) is 0 Å². The lowest BCUT2D eigenvalue weighted by Crippen LogP contribution is -2.57. The number of carbonyl (C=O) groups is 4. The van der Waals surface area contributed by atoms with Gasteiger partial charge in [-0.1, -0.05) is 36.4 Å². The Morgan fingerprint density at radius 2 is 0.958 bits per heavy atom. The quantitative estimate of drug-likeness (QED) is 0.782. The molecule has 0 N–H and O–H groups in total. The lowest BCUT2D eigenvalue weighted by molar-refractivity contribution is -0.145. The maximum Gasteiger partial charge on any atom is 0.260 e. The van der Waals surface area contributed by atoms with Crippen LogP contribution in [0.25, 0.3) is 0 Å². The molecular weight excluding hydrogens is 308 g/mol. The Hall–Kier alpha value is -3.28. The van der Waals surface area contributed by atoms with Crippen LogP contribution in [0.15, 0.2) is 60.7 Å². The van der Waals surface area contributed by atoms with Crippen LogP contribution in [0.5, 0.6) is 0 Å². The number of amides is 4. The molecule has 4 amide bonds. The van der Waals surface area contributed by atoms with Crippen molar-refractivity contribution in [1.29, 1.82) is 0 Å². The summed E-state index contributed by atoms with van der Waals surface area (Å²) < 4.78 is 0. The molecule has 24 heavy (non-hydrogen) atoms. The molecule has 1 fully saturated rings. The van der Waals surface area contributed by atoms with E-state index in [4.69, 9.17) is 0 Å². The highest BCUT2D eigenvalue weighted by atomic mass is 16.2. The van der Waals surface area contributed by atoms with E-state index in [9.17, 15) is 19.2 Å². The maximum absolute atomic E-state index is 12.4. The van der Waals surface area contributed by atoms with Crippen molar-refractivity contribution in [3.8, 4) is 0 Å². The summed E-state index contributed by atoms with van der Waals surface area (Å²) in [5.74, 6) is -2.23. The molecule has 120 valence electrons. The standard InChI is InChI=1S/C18H14N2O4/c21-15-12-20(18(24)14-9-5-2-6-10-14)16(22)11-19(15)17(23)13-7-3-1-4-8-13/h1-10H,11-12H2. The molecule has 1 heterocycles. The fourth-order valence-electron chi connectivity index (χ4n) is 2.46. The number of hydrogen-bond donors (Lipinski definition) is 0. The molecule has 6 heteroatoms. The number of carbonyl (C=O) groups excluding carboxylic acids is 4. The smallest absolute Gasteiger partial charge is 0.260 e. The van der Waals surface area contributed by atoms with Gasteiger partial charge in [0.2, 0.25) is 11.8 Å². The van der Waals surface area contributed by atoms with Gasteiger partial charge in [-0.3, -0.25) is 29.0 Å². The lowest BCUT2D eigenvalue weighted by atomic mass is 10.1. The van der Waals surface area contributed by atoms with Gasteiger partial charge in [0.25, 0.3) is 11.8 Å². The van der Waals surface area contributed by atoms with Crippen LogP contribution in [0.3, 0.4) is 0 Å². The molecule has 2 aromatic rings. The first kappa shape index (κ1) is 15.6. The van der Waals surface area contributed by atoms with Crippen LogP contribution in [0.2, 0.25) is 0 Å². The fourth-order valence-corrected chi connectivity index (χ4v) is 2.46. The zero-order valence-electron chi connectivity index (χ0n) is 12.7. The van der Waals surface area contributed by atoms with Crippen LogP contribution in [0.1, 0.15) is 20.7 Å². The zero-order valence-corrected chi connectivity index (χ0v) is 12.7. The summed E-state index contributed by atoms with van der Waals surface area (Å²) in [5, 5.41) is 0. The average Bonchev–Trinajstić information content (AvgIpc) is 2.63. The minimum Gasteiger partial charge on any atom is -0.272 e. The highest BCUT2D eigenvalue weighted by Gasteiger charge is 2.37. The second kappa shape index (κ2) is 6.45. The third-order valence-corrected chi connectivity index (χ3v) is 3.72. The minimum absolute atomic E-state index is 0.321. The molecule has 0 radical (unpaired) electrons. The Balaban J connectivity index is 1.78. The molecule has 0 spiro atoms. The number of hydrogen-bond acceptors (Lipinski definition) is 4. The highest BCUT2D eigenvalue weighted by Crippen LogP contribution is 2.13. The lowest BCUT2D eigenvalue weighted by Gasteiger charge is -2.31. The van der Waals surface area contributed by atoms with Crippen molar-refractivity contribution in [2.75, 3.05) is 13.1 Å². The molecular formula is C18H14N2O4. The first-order valence-corrected chi connectivity index (χ1v) is 7.37. The first-order valence-electron chi connectivity index (χ1n) is 7.37. The molecule has 1 aliphatic heterocycles. The fraction of sp³-hybridized carbons (Fsp3) is 0.111. The molecule has 1 aliphatic rings. The van der Waals surface area contributed by atoms with E-state index < -0.39 is 36.7 Å². The Morgan fingerprint density at radius 3 is 1.29 bits per heavy atom. The van der Waals surface area contributed by atoms with Crippen molar-refractivity contribution in [1.82, 2.24) is 9.80 Å². The molecule has 0 aliphatic carbocycles. The van der Waals surface area contributed by atoms with E-state index in [-0.39, 0.29) is 0 Å². The summed E-state index contributed by atoms with van der Waals surface area (Å²) in [7, 11) is 0. The number of piperazine rings is 1. The van der Waals surface area contributed by atoms with Crippen LogP contribution in [-0.4, -0.2) is 46.5 Å². The molecule has 2 aromatic carbocycles. The average molecular weight is 322 g/mol. The predicted molar refractivity (Wildman–Crippen MR) is 85.0 cm³/mol. The van der Waals surface area contributed by atoms with E-state index in [0.717, 1.165) is 9.80 Å². The predicted octanol–water partition coefficient (Wildman–Crippen LogP) is 1.34. The molecule has 0 atom stereocenters. The highest BCUT2D eigenvalue weighted by molar-refractivity contribution is 6.15. The van der Waals surface area contributed by atoms with Crippen LogP contribution < -0.4 is 0 Å². The van der Waals surface area contributed by atoms with E-state index in [1.54, 1.807) is 60.7 Å². The van der Waals surface area contributed by atoms with Crippen molar-refractivity contribution >= 4 is 23.6 Å². The molecule has 0 bridgehead atoms. The third kappa shape index (κ3) is 2.94. The zero-order chi connectivity index (χ0) is 17.1. The second-order valence-corrected chi connectivity index (χ2v) is 5.30. The molecule has 1 saturated heterocycles. The van der Waals surface area contributed by atoms with Crippen LogP contribution in [-0.2, 0) is 9.59 Å². The van der Waals surface area contributed by atoms with Crippen molar-refractivity contribution in [3.05, 3.63) is 71.8 Å². The Labute approximate surface area is 138 Å². The van der Waals surface area contributed by atoms with E-state index >= 15 is 0 Å². The van der Waals surface area contributed by atoms with E-state index in [1.165, 1.54) is 0 Å². The number of imide groups is 2. The Kier molecular flexibility index (Phi) is 4.20. The van der Waals surface area contributed by atoms with Gasteiger partial charge in [0.15, 0.2) is 0 Å². The van der Waals surface area contributed by atoms with Crippen molar-refractivity contribution in [2.24, 2.45) is 0 Å². The van der Waals surface area contributed by atoms with Gasteiger partial charge >= 0.3 is 0 Å². The number of rotatable bonds is 2. The molecule has 0 unspecified atom stereocenters. The van der Waals surface area contributed by atoms with Crippen LogP contribution in [0, 0.1) is 0 Å². The molecule has 0 aromatic heterocycles. The van der Waals surface area contributed by atoms with Gasteiger partial charge in [-0.2, -0.15) is 0 Å². The van der Waals surface area contributed by atoms with Gasteiger partial charge in [-0.25, -0.2) is 0 Å². The second-order valence-electron chi connectivity index (χ2n) is 5.30. The van der Waals surface area contributed by atoms with E-state index in [2.05, 4.69) is 0 Å². The topological polar surface area (TPSA) is 74.8 Å². The van der Waals surface area contributed by atoms with Gasteiger partial charge in [0, 0.05) is 11.1 Å². The minimum atomic E-state index is -0.576. The molecule has 0 saturated carbocycles. The SMILES string of the molecule is O=C1CN(C(=O)c2ccccc2)C(=O)CN1C(=O)c1ccccc1. The molecule has 6 nitrogen and oxygen atoms in total. The normalized spacial score (nSPS) is 14.7. The van der Waals surface area contributed by atoms with Crippen molar-refractivity contribution < 1.29 is 19.2 Å². The van der Waals surface area contributed by atoms with Gasteiger partial charge < -0.3 is 0 Å². The maximum atomic E-state index is 12.4. The van der Waals surface area contributed by atoms with E-state index in [1.807, 2.05) is 0 Å². The Bertz CT molecular complexity index is 733. The molecule has 3 rings (SSSR count). The largest absolute Gasteiger partial charge is 0.272 e.